The van der Waals surface area contributed by atoms with Gasteiger partial charge in [-0.3, -0.25) is 4.18 Å². The van der Waals surface area contributed by atoms with Crippen LogP contribution in [0.4, 0.5) is 4.79 Å². The van der Waals surface area contributed by atoms with Crippen LogP contribution in [0.15, 0.2) is 0 Å². The van der Waals surface area contributed by atoms with Crippen LogP contribution in [0.5, 0.6) is 0 Å². The fourth-order valence-corrected chi connectivity index (χ4v) is 2.68. The third kappa shape index (κ3) is 3.58. The van der Waals surface area contributed by atoms with Crippen LogP contribution in [0.3, 0.4) is 0 Å². The van der Waals surface area contributed by atoms with Gasteiger partial charge in [-0.2, -0.15) is 12.7 Å². The summed E-state index contributed by atoms with van der Waals surface area (Å²) in [5, 5.41) is 0. The van der Waals surface area contributed by atoms with Gasteiger partial charge in [-0.05, 0) is 27.2 Å². The Kier molecular flexibility index (Phi) is 3.97. The largest absolute Gasteiger partial charge is 0.443 e. The Labute approximate surface area is 109 Å². The molecule has 18 heavy (non-hydrogen) atoms. The number of ether oxygens (including phenoxy) is 1. The van der Waals surface area contributed by atoms with Crippen molar-refractivity contribution in [3.05, 3.63) is 0 Å². The van der Waals surface area contributed by atoms with E-state index in [0.717, 1.165) is 0 Å². The highest BCUT2D eigenvalue weighted by Crippen LogP contribution is 2.31. The number of carbonyl (C=O) groups is 1. The van der Waals surface area contributed by atoms with E-state index in [4.69, 9.17) is 8.92 Å². The summed E-state index contributed by atoms with van der Waals surface area (Å²) in [6.07, 6.45) is -0.177. The lowest BCUT2D eigenvalue weighted by atomic mass is 9.89. The van der Waals surface area contributed by atoms with Crippen LogP contribution in [0.2, 0.25) is 0 Å². The number of hydrogen-bond acceptors (Lipinski definition) is 5. The van der Waals surface area contributed by atoms with Crippen LogP contribution in [-0.2, 0) is 19.2 Å². The zero-order chi connectivity index (χ0) is 14.2. The number of carbonyl (C=O) groups excluding carboxylic acids is 1. The summed E-state index contributed by atoms with van der Waals surface area (Å²) < 4.78 is 34.0. The van der Waals surface area contributed by atoms with Gasteiger partial charge >= 0.3 is 16.4 Å². The minimum atomic E-state index is -4.02. The summed E-state index contributed by atoms with van der Waals surface area (Å²) in [7, 11) is -4.02. The van der Waals surface area contributed by atoms with Gasteiger partial charge in [0.1, 0.15) is 5.60 Å². The zero-order valence-corrected chi connectivity index (χ0v) is 12.3. The molecule has 0 saturated carbocycles. The first-order valence-corrected chi connectivity index (χ1v) is 7.26. The maximum absolute atomic E-state index is 11.9. The van der Waals surface area contributed by atoms with Gasteiger partial charge < -0.3 is 4.74 Å². The Morgan fingerprint density at radius 3 is 2.44 bits per heavy atom. The second-order valence-corrected chi connectivity index (χ2v) is 7.40. The molecule has 1 aliphatic heterocycles. The van der Waals surface area contributed by atoms with Crippen molar-refractivity contribution in [1.82, 2.24) is 4.31 Å². The van der Waals surface area contributed by atoms with E-state index in [1.54, 1.807) is 20.8 Å². The molecule has 106 valence electrons. The van der Waals surface area contributed by atoms with Crippen molar-refractivity contribution in [2.24, 2.45) is 5.41 Å². The van der Waals surface area contributed by atoms with E-state index in [1.807, 2.05) is 13.8 Å². The van der Waals surface area contributed by atoms with Crippen LogP contribution in [0.1, 0.15) is 41.0 Å². The molecule has 7 heteroatoms. The molecule has 6 nitrogen and oxygen atoms in total. The molecule has 1 rings (SSSR count). The van der Waals surface area contributed by atoms with Crippen LogP contribution in [0.25, 0.3) is 0 Å². The number of hydrogen-bond donors (Lipinski definition) is 0. The Hall–Kier alpha value is -0.820. The molecule has 0 N–H and O–H groups in total. The molecule has 1 atom stereocenters. The Bertz CT molecular complexity index is 425. The van der Waals surface area contributed by atoms with Gasteiger partial charge in [-0.1, -0.05) is 13.8 Å². The average molecular weight is 279 g/mol. The lowest BCUT2D eigenvalue weighted by molar-refractivity contribution is 0.0173. The number of nitrogens with zero attached hydrogens (tertiary/aromatic N) is 1. The maximum Gasteiger partial charge on any atom is 0.425 e. The molecular formula is C11H21NO5S. The highest BCUT2D eigenvalue weighted by molar-refractivity contribution is 7.84. The zero-order valence-electron chi connectivity index (χ0n) is 11.5. The highest BCUT2D eigenvalue weighted by atomic mass is 32.2. The fourth-order valence-electron chi connectivity index (χ4n) is 1.43. The topological polar surface area (TPSA) is 72.9 Å². The highest BCUT2D eigenvalue weighted by Gasteiger charge is 2.43. The van der Waals surface area contributed by atoms with E-state index in [9.17, 15) is 13.2 Å². The monoisotopic (exact) mass is 279 g/mol. The van der Waals surface area contributed by atoms with E-state index in [-0.39, 0.29) is 18.6 Å². The number of amides is 1. The van der Waals surface area contributed by atoms with Crippen molar-refractivity contribution >= 4 is 16.4 Å². The minimum Gasteiger partial charge on any atom is -0.443 e. The molecule has 1 unspecified atom stereocenters. The van der Waals surface area contributed by atoms with Crippen molar-refractivity contribution < 1.29 is 22.1 Å². The van der Waals surface area contributed by atoms with Crippen molar-refractivity contribution in [3.63, 3.8) is 0 Å². The van der Waals surface area contributed by atoms with Gasteiger partial charge in [-0.15, -0.1) is 0 Å². The molecular weight excluding hydrogens is 258 g/mol. The lowest BCUT2D eigenvalue weighted by Gasteiger charge is -2.38. The molecule has 1 amide bonds. The van der Waals surface area contributed by atoms with Crippen molar-refractivity contribution in [3.8, 4) is 0 Å². The molecule has 0 spiro atoms. The summed E-state index contributed by atoms with van der Waals surface area (Å²) in [6.45, 7) is 9.02. The summed E-state index contributed by atoms with van der Waals surface area (Å²) in [5.74, 6) is 0. The predicted molar refractivity (Wildman–Crippen MR) is 66.2 cm³/mol. The predicted octanol–water partition coefficient (Wildman–Crippen LogP) is 1.91. The summed E-state index contributed by atoms with van der Waals surface area (Å²) in [5.41, 5.74) is -1.12. The molecule has 1 heterocycles. The van der Waals surface area contributed by atoms with Gasteiger partial charge in [0.25, 0.3) is 0 Å². The smallest absolute Gasteiger partial charge is 0.425 e. The van der Waals surface area contributed by atoms with E-state index < -0.39 is 22.0 Å². The molecule has 1 fully saturated rings. The summed E-state index contributed by atoms with van der Waals surface area (Å²) in [6, 6.07) is 0. The SMILES string of the molecule is CCC1(C)COS(=O)(=O)N(C(=O)OC(C)(C)C)C1. The summed E-state index contributed by atoms with van der Waals surface area (Å²) in [4.78, 5) is 11.9. The van der Waals surface area contributed by atoms with Crippen molar-refractivity contribution in [2.75, 3.05) is 13.2 Å². The first kappa shape index (κ1) is 15.2. The molecule has 1 saturated heterocycles. The fraction of sp³-hybridized carbons (Fsp3) is 0.909. The second kappa shape index (κ2) is 4.70. The van der Waals surface area contributed by atoms with Crippen molar-refractivity contribution in [2.45, 2.75) is 46.6 Å². The van der Waals surface area contributed by atoms with Gasteiger partial charge in [0, 0.05) is 5.41 Å². The maximum atomic E-state index is 11.9. The van der Waals surface area contributed by atoms with Gasteiger partial charge in [0.05, 0.1) is 13.2 Å². The van der Waals surface area contributed by atoms with Crippen LogP contribution in [0, 0.1) is 5.41 Å². The Morgan fingerprint density at radius 1 is 1.44 bits per heavy atom. The standard InChI is InChI=1S/C11H21NO5S/c1-6-11(5)7-12(18(14,15)16-8-11)9(13)17-10(2,3)4/h6-8H2,1-5H3. The van der Waals surface area contributed by atoms with Crippen molar-refractivity contribution in [1.29, 1.82) is 0 Å². The Balaban J connectivity index is 2.92. The second-order valence-electron chi connectivity index (χ2n) is 5.87. The van der Waals surface area contributed by atoms with Gasteiger partial charge in [0.15, 0.2) is 0 Å². The van der Waals surface area contributed by atoms with Crippen LogP contribution < -0.4 is 0 Å². The van der Waals surface area contributed by atoms with E-state index in [2.05, 4.69) is 0 Å². The quantitative estimate of drug-likeness (QED) is 0.733. The first-order chi connectivity index (χ1) is 7.99. The van der Waals surface area contributed by atoms with Gasteiger partial charge in [-0.25, -0.2) is 4.79 Å². The van der Waals surface area contributed by atoms with E-state index in [1.165, 1.54) is 0 Å². The molecule has 0 aromatic carbocycles. The van der Waals surface area contributed by atoms with Crippen LogP contribution >= 0.6 is 0 Å². The van der Waals surface area contributed by atoms with E-state index in [0.29, 0.717) is 10.7 Å². The van der Waals surface area contributed by atoms with Gasteiger partial charge in [0.2, 0.25) is 0 Å². The first-order valence-electron chi connectivity index (χ1n) is 5.89. The molecule has 0 radical (unpaired) electrons. The third-order valence-electron chi connectivity index (χ3n) is 2.80. The molecule has 1 aliphatic rings. The molecule has 0 bridgehead atoms. The third-order valence-corrected chi connectivity index (χ3v) is 4.04. The molecule has 0 aromatic rings. The number of rotatable bonds is 1. The minimum absolute atomic E-state index is 0.0841. The average Bonchev–Trinajstić information content (AvgIpc) is 2.19. The Morgan fingerprint density at radius 2 is 2.00 bits per heavy atom. The molecule has 0 aromatic heterocycles. The summed E-state index contributed by atoms with van der Waals surface area (Å²) >= 11 is 0. The van der Waals surface area contributed by atoms with Crippen LogP contribution in [-0.4, -0.2) is 37.6 Å². The van der Waals surface area contributed by atoms with E-state index >= 15 is 0 Å². The molecule has 0 aliphatic carbocycles. The lowest BCUT2D eigenvalue weighted by Crippen LogP contribution is -2.52. The normalized spacial score (nSPS) is 27.9.